The largest absolute Gasteiger partial charge is 0.331 e. The van der Waals surface area contributed by atoms with Crippen LogP contribution in [0.4, 0.5) is 10.8 Å². The molecule has 1 aromatic heterocycles. The summed E-state index contributed by atoms with van der Waals surface area (Å²) in [5.41, 5.74) is 4.09. The third kappa shape index (κ3) is 5.26. The van der Waals surface area contributed by atoms with Crippen LogP contribution in [0.5, 0.6) is 0 Å². The third-order valence-electron chi connectivity index (χ3n) is 5.24. The molecular weight excluding hydrogens is 416 g/mol. The number of para-hydroxylation sites is 1. The van der Waals surface area contributed by atoms with Crippen molar-refractivity contribution in [1.29, 1.82) is 0 Å². The van der Waals surface area contributed by atoms with Crippen LogP contribution < -0.4 is 5.32 Å². The molecule has 0 saturated carbocycles. The van der Waals surface area contributed by atoms with E-state index in [1.165, 1.54) is 5.56 Å². The van der Waals surface area contributed by atoms with Gasteiger partial charge in [0.15, 0.2) is 5.13 Å². The topological polar surface area (TPSA) is 65.5 Å². The van der Waals surface area contributed by atoms with Crippen LogP contribution in [0.1, 0.15) is 16.8 Å². The average Bonchev–Trinajstić information content (AvgIpc) is 3.17. The molecule has 0 spiro atoms. The second-order valence-electron chi connectivity index (χ2n) is 7.50. The fourth-order valence-electron chi connectivity index (χ4n) is 3.54. The van der Waals surface area contributed by atoms with Crippen molar-refractivity contribution in [1.82, 2.24) is 14.2 Å². The van der Waals surface area contributed by atoms with E-state index in [1.54, 1.807) is 15.6 Å². The van der Waals surface area contributed by atoms with Crippen molar-refractivity contribution < 1.29 is 8.42 Å². The van der Waals surface area contributed by atoms with Crippen molar-refractivity contribution in [2.24, 2.45) is 0 Å². The Labute approximate surface area is 182 Å². The zero-order valence-corrected chi connectivity index (χ0v) is 18.6. The Kier molecular flexibility index (Phi) is 6.48. The van der Waals surface area contributed by atoms with Crippen molar-refractivity contribution in [3.05, 3.63) is 76.8 Å². The Morgan fingerprint density at radius 3 is 2.43 bits per heavy atom. The van der Waals surface area contributed by atoms with Crippen LogP contribution in [-0.4, -0.2) is 48.8 Å². The molecule has 158 valence electrons. The van der Waals surface area contributed by atoms with Gasteiger partial charge in [-0.3, -0.25) is 4.90 Å². The third-order valence-corrected chi connectivity index (χ3v) is 7.90. The molecule has 0 atom stereocenters. The van der Waals surface area contributed by atoms with Gasteiger partial charge in [0.1, 0.15) is 0 Å². The predicted octanol–water partition coefficient (Wildman–Crippen LogP) is 3.84. The first-order valence-corrected chi connectivity index (χ1v) is 12.5. The highest BCUT2D eigenvalue weighted by molar-refractivity contribution is 7.88. The van der Waals surface area contributed by atoms with Gasteiger partial charge in [0.2, 0.25) is 10.0 Å². The fourth-order valence-corrected chi connectivity index (χ4v) is 5.77. The first-order valence-electron chi connectivity index (χ1n) is 10.0. The first kappa shape index (κ1) is 21.0. The summed E-state index contributed by atoms with van der Waals surface area (Å²) in [5, 5.41) is 6.33. The number of benzene rings is 2. The summed E-state index contributed by atoms with van der Waals surface area (Å²) >= 11 is 1.59. The molecule has 0 aliphatic carbocycles. The van der Waals surface area contributed by atoms with Crippen LogP contribution in [-0.2, 0) is 22.3 Å². The lowest BCUT2D eigenvalue weighted by Gasteiger charge is -2.33. The zero-order chi connectivity index (χ0) is 21.0. The quantitative estimate of drug-likeness (QED) is 0.602. The highest BCUT2D eigenvalue weighted by Gasteiger charge is 2.27. The number of hydrogen-bond acceptors (Lipinski definition) is 6. The number of aromatic nitrogens is 1. The number of piperazine rings is 1. The van der Waals surface area contributed by atoms with E-state index in [2.05, 4.69) is 28.6 Å². The minimum absolute atomic E-state index is 0.0634. The molecule has 1 aliphatic heterocycles. The fraction of sp³-hybridized carbons (Fsp3) is 0.318. The van der Waals surface area contributed by atoms with Crippen molar-refractivity contribution in [2.75, 3.05) is 31.5 Å². The second kappa shape index (κ2) is 9.26. The Balaban J connectivity index is 1.30. The maximum atomic E-state index is 12.7. The van der Waals surface area contributed by atoms with E-state index < -0.39 is 10.0 Å². The lowest BCUT2D eigenvalue weighted by Crippen LogP contribution is -2.48. The van der Waals surface area contributed by atoms with Gasteiger partial charge in [0, 0.05) is 43.8 Å². The number of rotatable bonds is 7. The number of nitrogens with zero attached hydrogens (tertiary/aromatic N) is 3. The van der Waals surface area contributed by atoms with Crippen LogP contribution in [0.3, 0.4) is 0 Å². The Morgan fingerprint density at radius 2 is 1.70 bits per heavy atom. The maximum Gasteiger partial charge on any atom is 0.218 e. The monoisotopic (exact) mass is 442 g/mol. The standard InChI is InChI=1S/C22H26N4O2S2/c1-18-7-5-6-10-21(18)24-22-23-20(16-29-22)15-25-11-13-26(14-12-25)30(27,28)17-19-8-3-2-4-9-19/h2-10,16H,11-15,17H2,1H3,(H,23,24). The summed E-state index contributed by atoms with van der Waals surface area (Å²) in [6, 6.07) is 17.5. The number of sulfonamides is 1. The van der Waals surface area contributed by atoms with Gasteiger partial charge >= 0.3 is 0 Å². The predicted molar refractivity (Wildman–Crippen MR) is 122 cm³/mol. The molecule has 0 amide bonds. The smallest absolute Gasteiger partial charge is 0.218 e. The van der Waals surface area contributed by atoms with Crippen LogP contribution in [0.15, 0.2) is 60.0 Å². The van der Waals surface area contributed by atoms with E-state index in [0.717, 1.165) is 28.6 Å². The number of thiazole rings is 1. The summed E-state index contributed by atoms with van der Waals surface area (Å²) in [7, 11) is -3.28. The van der Waals surface area contributed by atoms with Gasteiger partial charge in [-0.25, -0.2) is 13.4 Å². The molecule has 1 saturated heterocycles. The molecule has 1 fully saturated rings. The highest BCUT2D eigenvalue weighted by Crippen LogP contribution is 2.24. The summed E-state index contributed by atoms with van der Waals surface area (Å²) in [5.74, 6) is 0.0634. The average molecular weight is 443 g/mol. The van der Waals surface area contributed by atoms with Gasteiger partial charge in [-0.2, -0.15) is 4.31 Å². The molecule has 4 rings (SSSR count). The van der Waals surface area contributed by atoms with Crippen LogP contribution in [0, 0.1) is 6.92 Å². The van der Waals surface area contributed by atoms with E-state index in [9.17, 15) is 8.42 Å². The second-order valence-corrected chi connectivity index (χ2v) is 10.3. The highest BCUT2D eigenvalue weighted by atomic mass is 32.2. The normalized spacial score (nSPS) is 15.9. The Bertz CT molecular complexity index is 1080. The minimum atomic E-state index is -3.28. The minimum Gasteiger partial charge on any atom is -0.331 e. The van der Waals surface area contributed by atoms with E-state index in [4.69, 9.17) is 4.98 Å². The van der Waals surface area contributed by atoms with E-state index in [1.807, 2.05) is 48.5 Å². The van der Waals surface area contributed by atoms with Gasteiger partial charge in [-0.05, 0) is 24.1 Å². The molecule has 0 unspecified atom stereocenters. The van der Waals surface area contributed by atoms with Crippen molar-refractivity contribution in [3.8, 4) is 0 Å². The Hall–Kier alpha value is -2.26. The molecule has 2 heterocycles. The van der Waals surface area contributed by atoms with Gasteiger partial charge in [-0.15, -0.1) is 11.3 Å². The number of anilines is 2. The van der Waals surface area contributed by atoms with Gasteiger partial charge in [0.05, 0.1) is 11.4 Å². The molecule has 1 aliphatic rings. The maximum absolute atomic E-state index is 12.7. The van der Waals surface area contributed by atoms with Crippen molar-refractivity contribution in [3.63, 3.8) is 0 Å². The van der Waals surface area contributed by atoms with Crippen LogP contribution in [0.2, 0.25) is 0 Å². The van der Waals surface area contributed by atoms with E-state index >= 15 is 0 Å². The first-order chi connectivity index (χ1) is 14.5. The number of aryl methyl sites for hydroxylation is 1. The van der Waals surface area contributed by atoms with E-state index in [0.29, 0.717) is 26.2 Å². The summed E-state index contributed by atoms with van der Waals surface area (Å²) < 4.78 is 27.0. The van der Waals surface area contributed by atoms with Crippen LogP contribution in [0.25, 0.3) is 0 Å². The summed E-state index contributed by atoms with van der Waals surface area (Å²) in [4.78, 5) is 6.96. The molecule has 8 heteroatoms. The molecular formula is C22H26N4O2S2. The Morgan fingerprint density at radius 1 is 1.00 bits per heavy atom. The SMILES string of the molecule is Cc1ccccc1Nc1nc(CN2CCN(S(=O)(=O)Cc3ccccc3)CC2)cs1. The van der Waals surface area contributed by atoms with Crippen molar-refractivity contribution in [2.45, 2.75) is 19.2 Å². The van der Waals surface area contributed by atoms with Gasteiger partial charge in [-0.1, -0.05) is 48.5 Å². The molecule has 0 bridgehead atoms. The lowest BCUT2D eigenvalue weighted by atomic mass is 10.2. The summed E-state index contributed by atoms with van der Waals surface area (Å²) in [6.07, 6.45) is 0. The van der Waals surface area contributed by atoms with Gasteiger partial charge in [0.25, 0.3) is 0 Å². The molecule has 6 nitrogen and oxygen atoms in total. The number of hydrogen-bond donors (Lipinski definition) is 1. The molecule has 30 heavy (non-hydrogen) atoms. The lowest BCUT2D eigenvalue weighted by molar-refractivity contribution is 0.180. The molecule has 3 aromatic rings. The molecule has 0 radical (unpaired) electrons. The molecule has 2 aromatic carbocycles. The summed E-state index contributed by atoms with van der Waals surface area (Å²) in [6.45, 7) is 5.28. The van der Waals surface area contributed by atoms with Gasteiger partial charge < -0.3 is 5.32 Å². The molecule has 1 N–H and O–H groups in total. The van der Waals surface area contributed by atoms with Crippen LogP contribution >= 0.6 is 11.3 Å². The van der Waals surface area contributed by atoms with Crippen molar-refractivity contribution >= 4 is 32.2 Å². The zero-order valence-electron chi connectivity index (χ0n) is 17.0. The van der Waals surface area contributed by atoms with E-state index in [-0.39, 0.29) is 5.75 Å². The number of nitrogens with one attached hydrogen (secondary N) is 1.